The lowest BCUT2D eigenvalue weighted by Crippen LogP contribution is -2.33. The van der Waals surface area contributed by atoms with Gasteiger partial charge in [0.15, 0.2) is 0 Å². The van der Waals surface area contributed by atoms with Crippen LogP contribution >= 0.6 is 11.6 Å². The number of hydrogen-bond donors (Lipinski definition) is 1. The van der Waals surface area contributed by atoms with E-state index in [2.05, 4.69) is 12.2 Å². The number of aryl methyl sites for hydroxylation is 2. The molecule has 0 aromatic heterocycles. The second-order valence-electron chi connectivity index (χ2n) is 8.34. The molecule has 1 aliphatic rings. The number of imide groups is 1. The number of nitrogens with zero attached hydrogens (tertiary/aromatic N) is 1. The van der Waals surface area contributed by atoms with Crippen LogP contribution in [0.3, 0.4) is 0 Å². The van der Waals surface area contributed by atoms with Crippen molar-refractivity contribution in [1.29, 1.82) is 0 Å². The fourth-order valence-corrected chi connectivity index (χ4v) is 4.03. The van der Waals surface area contributed by atoms with Gasteiger partial charge in [0.1, 0.15) is 16.5 Å². The molecule has 7 heteroatoms. The van der Waals surface area contributed by atoms with Crippen molar-refractivity contribution in [2.45, 2.75) is 33.6 Å². The lowest BCUT2D eigenvalue weighted by atomic mass is 10.1. The predicted octanol–water partition coefficient (Wildman–Crippen LogP) is 5.91. The van der Waals surface area contributed by atoms with Crippen molar-refractivity contribution in [2.24, 2.45) is 0 Å². The smallest absolute Gasteiger partial charge is 0.343 e. The number of esters is 1. The van der Waals surface area contributed by atoms with E-state index in [4.69, 9.17) is 16.3 Å². The van der Waals surface area contributed by atoms with Gasteiger partial charge in [-0.2, -0.15) is 0 Å². The summed E-state index contributed by atoms with van der Waals surface area (Å²) in [6.07, 6.45) is 2.02. The van der Waals surface area contributed by atoms with Crippen molar-refractivity contribution < 1.29 is 19.1 Å². The molecule has 35 heavy (non-hydrogen) atoms. The average molecular weight is 489 g/mol. The molecule has 3 aromatic carbocycles. The standard InChI is InChI=1S/C28H25ClN2O4/c1-4-6-19-9-15-22(16-10-19)35-28(34)20-11-13-21(14-12-20)30-25-24(29)26(32)31(27(25)33)23-8-5-7-17(2)18(23)3/h5,7-16,30H,4,6H2,1-3H3. The topological polar surface area (TPSA) is 75.7 Å². The number of amides is 2. The van der Waals surface area contributed by atoms with Crippen molar-refractivity contribution in [2.75, 3.05) is 10.2 Å². The van der Waals surface area contributed by atoms with Crippen molar-refractivity contribution in [3.05, 3.63) is 99.7 Å². The first kappa shape index (κ1) is 24.2. The van der Waals surface area contributed by atoms with Crippen molar-refractivity contribution in [1.82, 2.24) is 0 Å². The number of hydrogen-bond acceptors (Lipinski definition) is 5. The number of benzene rings is 3. The number of carbonyl (C=O) groups excluding carboxylic acids is 3. The highest BCUT2D eigenvalue weighted by Crippen LogP contribution is 2.33. The van der Waals surface area contributed by atoms with E-state index in [9.17, 15) is 14.4 Å². The molecule has 0 spiro atoms. The minimum atomic E-state index is -0.585. The molecular formula is C28H25ClN2O4. The number of carbonyl (C=O) groups is 3. The minimum Gasteiger partial charge on any atom is -0.423 e. The van der Waals surface area contributed by atoms with Crippen LogP contribution in [0, 0.1) is 13.8 Å². The second-order valence-corrected chi connectivity index (χ2v) is 8.72. The Morgan fingerprint density at radius 2 is 1.63 bits per heavy atom. The van der Waals surface area contributed by atoms with Crippen LogP contribution in [0.25, 0.3) is 0 Å². The lowest BCUT2D eigenvalue weighted by molar-refractivity contribution is -0.120. The molecule has 2 amide bonds. The van der Waals surface area contributed by atoms with Crippen molar-refractivity contribution in [3.8, 4) is 5.75 Å². The summed E-state index contributed by atoms with van der Waals surface area (Å²) in [6.45, 7) is 5.87. The van der Waals surface area contributed by atoms with Gasteiger partial charge in [0.2, 0.25) is 0 Å². The maximum atomic E-state index is 13.1. The number of anilines is 2. The van der Waals surface area contributed by atoms with Gasteiger partial charge in [0.25, 0.3) is 11.8 Å². The Hall–Kier alpha value is -3.90. The Balaban J connectivity index is 1.46. The summed E-state index contributed by atoms with van der Waals surface area (Å²) in [5.74, 6) is -1.15. The van der Waals surface area contributed by atoms with Gasteiger partial charge in [0, 0.05) is 5.69 Å². The summed E-state index contributed by atoms with van der Waals surface area (Å²) in [5.41, 5.74) is 4.30. The van der Waals surface area contributed by atoms with E-state index < -0.39 is 17.8 Å². The minimum absolute atomic E-state index is 0.0138. The van der Waals surface area contributed by atoms with Crippen LogP contribution in [-0.2, 0) is 16.0 Å². The summed E-state index contributed by atoms with van der Waals surface area (Å²) in [7, 11) is 0. The van der Waals surface area contributed by atoms with E-state index in [0.717, 1.165) is 28.9 Å². The molecule has 0 radical (unpaired) electrons. The Labute approximate surface area is 209 Å². The van der Waals surface area contributed by atoms with Gasteiger partial charge in [-0.1, -0.05) is 49.2 Å². The van der Waals surface area contributed by atoms with Crippen LogP contribution < -0.4 is 15.0 Å². The van der Waals surface area contributed by atoms with Crippen LogP contribution in [0.5, 0.6) is 5.75 Å². The first-order valence-electron chi connectivity index (χ1n) is 11.3. The van der Waals surface area contributed by atoms with Crippen LogP contribution in [-0.4, -0.2) is 17.8 Å². The van der Waals surface area contributed by atoms with Gasteiger partial charge in [-0.15, -0.1) is 0 Å². The van der Waals surface area contributed by atoms with E-state index in [-0.39, 0.29) is 10.7 Å². The zero-order valence-corrected chi connectivity index (χ0v) is 20.5. The van der Waals surface area contributed by atoms with E-state index in [1.54, 1.807) is 48.5 Å². The number of nitrogens with one attached hydrogen (secondary N) is 1. The molecule has 178 valence electrons. The Kier molecular flexibility index (Phi) is 7.03. The summed E-state index contributed by atoms with van der Waals surface area (Å²) in [5, 5.41) is 2.73. The predicted molar refractivity (Wildman–Crippen MR) is 137 cm³/mol. The molecule has 0 unspecified atom stereocenters. The average Bonchev–Trinajstić information content (AvgIpc) is 3.06. The SMILES string of the molecule is CCCc1ccc(OC(=O)c2ccc(NC3=C(Cl)C(=O)N(c4cccc(C)c4C)C3=O)cc2)cc1. The molecule has 0 fully saturated rings. The molecule has 0 saturated carbocycles. The van der Waals surface area contributed by atoms with Gasteiger partial charge < -0.3 is 10.1 Å². The molecule has 0 atom stereocenters. The van der Waals surface area contributed by atoms with Gasteiger partial charge in [-0.05, 0) is 79.4 Å². The third-order valence-corrected chi connectivity index (χ3v) is 6.26. The van der Waals surface area contributed by atoms with Crippen molar-refractivity contribution in [3.63, 3.8) is 0 Å². The fourth-order valence-electron chi connectivity index (χ4n) is 3.82. The summed E-state index contributed by atoms with van der Waals surface area (Å²) < 4.78 is 5.44. The first-order valence-corrected chi connectivity index (χ1v) is 11.7. The highest BCUT2D eigenvalue weighted by atomic mass is 35.5. The molecular weight excluding hydrogens is 464 g/mol. The fraction of sp³-hybridized carbons (Fsp3) is 0.179. The molecule has 6 nitrogen and oxygen atoms in total. The zero-order chi connectivity index (χ0) is 25.1. The summed E-state index contributed by atoms with van der Waals surface area (Å²) in [6, 6.07) is 19.2. The summed E-state index contributed by atoms with van der Waals surface area (Å²) >= 11 is 6.24. The molecule has 1 aliphatic heterocycles. The molecule has 1 N–H and O–H groups in total. The largest absolute Gasteiger partial charge is 0.423 e. The van der Waals surface area contributed by atoms with E-state index in [1.807, 2.05) is 32.0 Å². The third-order valence-electron chi connectivity index (χ3n) is 5.91. The quantitative estimate of drug-likeness (QED) is 0.254. The third kappa shape index (κ3) is 4.98. The maximum Gasteiger partial charge on any atom is 0.343 e. The van der Waals surface area contributed by atoms with E-state index in [1.165, 1.54) is 5.56 Å². The van der Waals surface area contributed by atoms with Crippen molar-refractivity contribution >= 4 is 40.8 Å². The Bertz CT molecular complexity index is 1330. The molecule has 0 bridgehead atoms. The number of halogens is 1. The number of rotatable bonds is 7. The van der Waals surface area contributed by atoms with Crippen LogP contribution in [0.2, 0.25) is 0 Å². The first-order chi connectivity index (χ1) is 16.8. The van der Waals surface area contributed by atoms with E-state index >= 15 is 0 Å². The van der Waals surface area contributed by atoms with Crippen LogP contribution in [0.4, 0.5) is 11.4 Å². The summed E-state index contributed by atoms with van der Waals surface area (Å²) in [4.78, 5) is 39.4. The normalized spacial score (nSPS) is 13.4. The molecule has 0 aliphatic carbocycles. The maximum absolute atomic E-state index is 13.1. The Morgan fingerprint density at radius 3 is 2.29 bits per heavy atom. The molecule has 4 rings (SSSR count). The van der Waals surface area contributed by atoms with Gasteiger partial charge >= 0.3 is 5.97 Å². The van der Waals surface area contributed by atoms with Gasteiger partial charge in [0.05, 0.1) is 11.3 Å². The molecule has 0 saturated heterocycles. The van der Waals surface area contributed by atoms with Crippen LogP contribution in [0.1, 0.15) is 40.4 Å². The van der Waals surface area contributed by atoms with Gasteiger partial charge in [-0.25, -0.2) is 9.69 Å². The molecule has 3 aromatic rings. The van der Waals surface area contributed by atoms with E-state index in [0.29, 0.717) is 22.7 Å². The second kappa shape index (κ2) is 10.2. The zero-order valence-electron chi connectivity index (χ0n) is 19.7. The van der Waals surface area contributed by atoms with Gasteiger partial charge in [-0.3, -0.25) is 9.59 Å². The number of ether oxygens (including phenoxy) is 1. The highest BCUT2D eigenvalue weighted by molar-refractivity contribution is 6.53. The molecule has 1 heterocycles. The van der Waals surface area contributed by atoms with Crippen LogP contribution in [0.15, 0.2) is 77.5 Å². The Morgan fingerprint density at radius 1 is 0.943 bits per heavy atom. The monoisotopic (exact) mass is 488 g/mol. The highest BCUT2D eigenvalue weighted by Gasteiger charge is 2.39. The lowest BCUT2D eigenvalue weighted by Gasteiger charge is -2.18.